The van der Waals surface area contributed by atoms with Gasteiger partial charge in [0.05, 0.1) is 23.7 Å². The summed E-state index contributed by atoms with van der Waals surface area (Å²) in [5.41, 5.74) is 3.44. The third-order valence-electron chi connectivity index (χ3n) is 4.41. The van der Waals surface area contributed by atoms with Crippen LogP contribution in [0.4, 0.5) is 0 Å². The zero-order chi connectivity index (χ0) is 20.1. The molecule has 0 saturated carbocycles. The van der Waals surface area contributed by atoms with E-state index < -0.39 is 0 Å². The Hall–Kier alpha value is -3.80. The van der Waals surface area contributed by atoms with Crippen LogP contribution in [0, 0.1) is 0 Å². The van der Waals surface area contributed by atoms with Crippen LogP contribution in [0.2, 0.25) is 0 Å². The molecule has 0 radical (unpaired) electrons. The molecule has 0 aliphatic carbocycles. The lowest BCUT2D eigenvalue weighted by Gasteiger charge is -2.09. The molecule has 4 rings (SSSR count). The van der Waals surface area contributed by atoms with Gasteiger partial charge in [0.15, 0.2) is 0 Å². The number of carbonyl (C=O) groups is 1. The van der Waals surface area contributed by atoms with E-state index in [1.165, 1.54) is 7.11 Å². The molecule has 0 atom stereocenters. The highest BCUT2D eigenvalue weighted by Crippen LogP contribution is 2.23. The van der Waals surface area contributed by atoms with Gasteiger partial charge in [-0.3, -0.25) is 0 Å². The quantitative estimate of drug-likeness (QED) is 0.373. The van der Waals surface area contributed by atoms with Gasteiger partial charge in [0, 0.05) is 5.56 Å². The topological polar surface area (TPSA) is 73.4 Å². The van der Waals surface area contributed by atoms with Crippen LogP contribution >= 0.6 is 0 Å². The third-order valence-corrected chi connectivity index (χ3v) is 4.41. The number of esters is 1. The number of fused-ring (bicyclic) bond motifs is 1. The molecule has 1 N–H and O–H groups in total. The Labute approximate surface area is 168 Å². The molecule has 146 valence electrons. The van der Waals surface area contributed by atoms with Crippen LogP contribution in [-0.2, 0) is 4.74 Å². The number of ether oxygens (including phenoxy) is 3. The third kappa shape index (κ3) is 4.38. The number of carbonyl (C=O) groups excluding carboxylic acids is 1. The molecule has 0 bridgehead atoms. The molecule has 4 aromatic rings. The van der Waals surface area contributed by atoms with Crippen LogP contribution in [0.25, 0.3) is 22.4 Å². The van der Waals surface area contributed by atoms with Crippen LogP contribution in [0.3, 0.4) is 0 Å². The number of imidazole rings is 1. The second kappa shape index (κ2) is 8.48. The van der Waals surface area contributed by atoms with E-state index in [9.17, 15) is 4.79 Å². The maximum atomic E-state index is 11.4. The van der Waals surface area contributed by atoms with Gasteiger partial charge in [-0.1, -0.05) is 12.1 Å². The smallest absolute Gasteiger partial charge is 0.337 e. The Morgan fingerprint density at radius 3 is 2.10 bits per heavy atom. The fraction of sp³-hybridized carbons (Fsp3) is 0.130. The highest BCUT2D eigenvalue weighted by atomic mass is 16.5. The predicted octanol–water partition coefficient (Wildman–Crippen LogP) is 4.47. The van der Waals surface area contributed by atoms with E-state index in [-0.39, 0.29) is 5.97 Å². The van der Waals surface area contributed by atoms with E-state index >= 15 is 0 Å². The molecule has 0 amide bonds. The van der Waals surface area contributed by atoms with Gasteiger partial charge in [0.25, 0.3) is 0 Å². The van der Waals surface area contributed by atoms with Crippen molar-refractivity contribution in [1.82, 2.24) is 9.97 Å². The minimum Gasteiger partial charge on any atom is -0.490 e. The Bertz CT molecular complexity index is 1070. The molecule has 6 nitrogen and oxygen atoms in total. The molecule has 0 fully saturated rings. The van der Waals surface area contributed by atoms with E-state index in [0.29, 0.717) is 24.5 Å². The van der Waals surface area contributed by atoms with Crippen molar-refractivity contribution >= 4 is 17.0 Å². The normalized spacial score (nSPS) is 10.7. The lowest BCUT2D eigenvalue weighted by atomic mass is 10.2. The van der Waals surface area contributed by atoms with Gasteiger partial charge in [0.2, 0.25) is 0 Å². The molecule has 0 saturated heterocycles. The fourth-order valence-electron chi connectivity index (χ4n) is 2.92. The number of nitrogens with zero attached hydrogens (tertiary/aromatic N) is 1. The number of hydrogen-bond acceptors (Lipinski definition) is 5. The van der Waals surface area contributed by atoms with Gasteiger partial charge in [-0.25, -0.2) is 9.78 Å². The molecule has 1 heterocycles. The Morgan fingerprint density at radius 1 is 0.862 bits per heavy atom. The lowest BCUT2D eigenvalue weighted by molar-refractivity contribution is 0.0600. The van der Waals surface area contributed by atoms with E-state index in [4.69, 9.17) is 9.47 Å². The number of aromatic amines is 1. The van der Waals surface area contributed by atoms with Crippen LogP contribution in [0.15, 0.2) is 72.8 Å². The van der Waals surface area contributed by atoms with Gasteiger partial charge in [-0.15, -0.1) is 0 Å². The summed E-state index contributed by atoms with van der Waals surface area (Å²) in [5, 5.41) is 0. The largest absolute Gasteiger partial charge is 0.490 e. The van der Waals surface area contributed by atoms with E-state index in [1.807, 2.05) is 48.5 Å². The fourth-order valence-corrected chi connectivity index (χ4v) is 2.92. The van der Waals surface area contributed by atoms with Crippen LogP contribution in [0.5, 0.6) is 11.5 Å². The first-order valence-corrected chi connectivity index (χ1v) is 9.22. The number of nitrogens with one attached hydrogen (secondary N) is 1. The minimum absolute atomic E-state index is 0.369. The summed E-state index contributed by atoms with van der Waals surface area (Å²) in [6, 6.07) is 22.5. The summed E-state index contributed by atoms with van der Waals surface area (Å²) in [6.07, 6.45) is 0. The van der Waals surface area contributed by atoms with E-state index in [1.54, 1.807) is 24.3 Å². The second-order valence-electron chi connectivity index (χ2n) is 6.34. The summed E-state index contributed by atoms with van der Waals surface area (Å²) < 4.78 is 16.0. The lowest BCUT2D eigenvalue weighted by Crippen LogP contribution is -2.09. The number of hydrogen-bond donors (Lipinski definition) is 1. The van der Waals surface area contributed by atoms with E-state index in [0.717, 1.165) is 28.2 Å². The average molecular weight is 388 g/mol. The monoisotopic (exact) mass is 388 g/mol. The maximum absolute atomic E-state index is 11.4. The zero-order valence-corrected chi connectivity index (χ0v) is 15.9. The molecular formula is C23H20N2O4. The van der Waals surface area contributed by atoms with Crippen molar-refractivity contribution in [1.29, 1.82) is 0 Å². The Morgan fingerprint density at radius 2 is 1.48 bits per heavy atom. The molecule has 6 heteroatoms. The van der Waals surface area contributed by atoms with Crippen molar-refractivity contribution in [3.8, 4) is 22.9 Å². The number of H-pyrrole nitrogens is 1. The number of aromatic nitrogens is 2. The van der Waals surface area contributed by atoms with Crippen LogP contribution in [0.1, 0.15) is 10.4 Å². The highest BCUT2D eigenvalue weighted by molar-refractivity contribution is 5.89. The van der Waals surface area contributed by atoms with Crippen LogP contribution in [-0.4, -0.2) is 36.3 Å². The summed E-state index contributed by atoms with van der Waals surface area (Å²) in [4.78, 5) is 19.3. The highest BCUT2D eigenvalue weighted by Gasteiger charge is 2.06. The van der Waals surface area contributed by atoms with E-state index in [2.05, 4.69) is 14.7 Å². The summed E-state index contributed by atoms with van der Waals surface area (Å²) >= 11 is 0. The molecule has 0 aliphatic heterocycles. The van der Waals surface area contributed by atoms with Crippen molar-refractivity contribution in [2.24, 2.45) is 0 Å². The summed E-state index contributed by atoms with van der Waals surface area (Å²) in [7, 11) is 1.35. The average Bonchev–Trinajstić information content (AvgIpc) is 3.21. The van der Waals surface area contributed by atoms with Crippen molar-refractivity contribution in [3.63, 3.8) is 0 Å². The minimum atomic E-state index is -0.369. The maximum Gasteiger partial charge on any atom is 0.337 e. The molecule has 3 aromatic carbocycles. The van der Waals surface area contributed by atoms with Crippen molar-refractivity contribution in [2.45, 2.75) is 0 Å². The van der Waals surface area contributed by atoms with Crippen LogP contribution < -0.4 is 9.47 Å². The first-order valence-electron chi connectivity index (χ1n) is 9.22. The SMILES string of the molecule is COC(=O)c1ccc(OCCOc2ccc(-c3nc4ccccc4[nH]3)cc2)cc1. The number of benzene rings is 3. The number of methoxy groups -OCH3 is 1. The molecule has 29 heavy (non-hydrogen) atoms. The molecular weight excluding hydrogens is 368 g/mol. The van der Waals surface area contributed by atoms with Gasteiger partial charge in [-0.05, 0) is 60.7 Å². The first kappa shape index (κ1) is 18.6. The Balaban J connectivity index is 1.28. The predicted molar refractivity (Wildman–Crippen MR) is 110 cm³/mol. The molecule has 0 spiro atoms. The molecule has 0 aliphatic rings. The van der Waals surface area contributed by atoms with Gasteiger partial charge in [-0.2, -0.15) is 0 Å². The standard InChI is InChI=1S/C23H20N2O4/c1-27-23(26)17-8-12-19(13-9-17)29-15-14-28-18-10-6-16(7-11-18)22-24-20-4-2-3-5-21(20)25-22/h2-13H,14-15H2,1H3,(H,24,25). The van der Waals surface area contributed by atoms with Gasteiger partial charge < -0.3 is 19.2 Å². The zero-order valence-electron chi connectivity index (χ0n) is 15.9. The van der Waals surface area contributed by atoms with Gasteiger partial charge in [0.1, 0.15) is 30.5 Å². The Kier molecular flexibility index (Phi) is 5.42. The summed E-state index contributed by atoms with van der Waals surface area (Å²) in [6.45, 7) is 0.797. The van der Waals surface area contributed by atoms with Crippen molar-refractivity contribution in [3.05, 3.63) is 78.4 Å². The number of para-hydroxylation sites is 2. The van der Waals surface area contributed by atoms with Gasteiger partial charge >= 0.3 is 5.97 Å². The summed E-state index contributed by atoms with van der Waals surface area (Å²) in [5.74, 6) is 1.89. The van der Waals surface area contributed by atoms with Crippen molar-refractivity contribution < 1.29 is 19.0 Å². The second-order valence-corrected chi connectivity index (χ2v) is 6.34. The molecule has 1 aromatic heterocycles. The first-order chi connectivity index (χ1) is 14.2. The molecule has 0 unspecified atom stereocenters. The van der Waals surface area contributed by atoms with Crippen molar-refractivity contribution in [2.75, 3.05) is 20.3 Å². The number of rotatable bonds is 7.